The zero-order valence-electron chi connectivity index (χ0n) is 12.9. The molecule has 2 N–H and O–H groups in total. The molecule has 1 aromatic rings. The van der Waals surface area contributed by atoms with Crippen molar-refractivity contribution in [1.29, 1.82) is 0 Å². The van der Waals surface area contributed by atoms with Crippen LogP contribution < -0.4 is 10.6 Å². The zero-order valence-corrected chi connectivity index (χ0v) is 14.5. The molecule has 2 amide bonds. The Labute approximate surface area is 138 Å². The Morgan fingerprint density at radius 1 is 1.32 bits per heavy atom. The molecule has 0 atom stereocenters. The molecule has 7 heteroatoms. The second-order valence-corrected chi connectivity index (χ2v) is 6.97. The van der Waals surface area contributed by atoms with E-state index in [-0.39, 0.29) is 12.5 Å². The average molecular weight is 370 g/mol. The molecule has 0 radical (unpaired) electrons. The highest BCUT2D eigenvalue weighted by molar-refractivity contribution is 9.10. The Kier molecular flexibility index (Phi) is 4.65. The Morgan fingerprint density at radius 2 is 2.00 bits per heavy atom. The maximum absolute atomic E-state index is 12.3. The first kappa shape index (κ1) is 16.6. The van der Waals surface area contributed by atoms with Gasteiger partial charge in [0.2, 0.25) is 5.91 Å². The lowest BCUT2D eigenvalue weighted by atomic mass is 10.2. The van der Waals surface area contributed by atoms with Crippen molar-refractivity contribution in [3.05, 3.63) is 22.7 Å². The minimum Gasteiger partial charge on any atom is -0.444 e. The summed E-state index contributed by atoms with van der Waals surface area (Å²) in [6.45, 7) is 6.17. The van der Waals surface area contributed by atoms with Gasteiger partial charge in [-0.15, -0.1) is 0 Å². The van der Waals surface area contributed by atoms with E-state index >= 15 is 0 Å². The molecule has 2 rings (SSSR count). The third-order valence-corrected chi connectivity index (χ3v) is 3.88. The van der Waals surface area contributed by atoms with Gasteiger partial charge in [-0.3, -0.25) is 9.69 Å². The molecule has 0 saturated carbocycles. The maximum Gasteiger partial charge on any atom is 0.410 e. The molecule has 1 aliphatic heterocycles. The van der Waals surface area contributed by atoms with E-state index in [1.54, 1.807) is 31.7 Å². The fourth-order valence-corrected chi connectivity index (χ4v) is 2.53. The van der Waals surface area contributed by atoms with Gasteiger partial charge in [-0.25, -0.2) is 4.79 Å². The van der Waals surface area contributed by atoms with E-state index in [2.05, 4.69) is 15.9 Å². The van der Waals surface area contributed by atoms with Gasteiger partial charge in [0.25, 0.3) is 0 Å². The van der Waals surface area contributed by atoms with Gasteiger partial charge in [-0.05, 0) is 48.8 Å². The van der Waals surface area contributed by atoms with Crippen LogP contribution in [-0.4, -0.2) is 42.1 Å². The van der Waals surface area contributed by atoms with E-state index in [0.717, 1.165) is 4.47 Å². The molecular formula is C15H20BrN3O3. The maximum atomic E-state index is 12.3. The number of carbonyl (C=O) groups is 2. The van der Waals surface area contributed by atoms with Gasteiger partial charge >= 0.3 is 6.09 Å². The number of nitrogens with two attached hydrogens (primary N) is 1. The second-order valence-electron chi connectivity index (χ2n) is 6.12. The summed E-state index contributed by atoms with van der Waals surface area (Å²) in [7, 11) is 0. The van der Waals surface area contributed by atoms with Gasteiger partial charge < -0.3 is 15.4 Å². The van der Waals surface area contributed by atoms with Crippen LogP contribution in [0.25, 0.3) is 0 Å². The topological polar surface area (TPSA) is 75.9 Å². The predicted octanol–water partition coefficient (Wildman–Crippen LogP) is 2.62. The van der Waals surface area contributed by atoms with Crippen molar-refractivity contribution < 1.29 is 14.3 Å². The molecule has 0 bridgehead atoms. The van der Waals surface area contributed by atoms with Gasteiger partial charge in [0.05, 0.1) is 11.4 Å². The number of piperazine rings is 1. The van der Waals surface area contributed by atoms with Crippen LogP contribution >= 0.6 is 15.9 Å². The second kappa shape index (κ2) is 6.16. The lowest BCUT2D eigenvalue weighted by Crippen LogP contribution is -2.53. The molecule has 1 fully saturated rings. The number of nitrogen functional groups attached to an aromatic ring is 1. The molecule has 0 aliphatic carbocycles. The number of nitrogens with zero attached hydrogens (tertiary/aromatic N) is 2. The minimum absolute atomic E-state index is 0.0130. The fourth-order valence-electron chi connectivity index (χ4n) is 2.17. The monoisotopic (exact) mass is 369 g/mol. The van der Waals surface area contributed by atoms with Gasteiger partial charge in [-0.1, -0.05) is 6.07 Å². The van der Waals surface area contributed by atoms with Crippen molar-refractivity contribution in [2.24, 2.45) is 0 Å². The molecule has 22 heavy (non-hydrogen) atoms. The van der Waals surface area contributed by atoms with Gasteiger partial charge in [-0.2, -0.15) is 0 Å². The standard InChI is InChI=1S/C15H20BrN3O3/c1-15(2,3)22-14(21)18-7-8-19(12(20)9-18)11-6-4-5-10(16)13(11)17/h4-6H,7-9,17H2,1-3H3. The highest BCUT2D eigenvalue weighted by Gasteiger charge is 2.31. The summed E-state index contributed by atoms with van der Waals surface area (Å²) in [5.74, 6) is -0.179. The lowest BCUT2D eigenvalue weighted by molar-refractivity contribution is -0.121. The number of hydrogen-bond donors (Lipinski definition) is 1. The van der Waals surface area contributed by atoms with E-state index in [4.69, 9.17) is 10.5 Å². The number of para-hydroxylation sites is 1. The molecule has 1 heterocycles. The Balaban J connectivity index is 2.09. The van der Waals surface area contributed by atoms with Crippen molar-refractivity contribution in [3.8, 4) is 0 Å². The van der Waals surface area contributed by atoms with Crippen LogP contribution in [0.2, 0.25) is 0 Å². The SMILES string of the molecule is CC(C)(C)OC(=O)N1CCN(c2cccc(Br)c2N)C(=O)C1. The number of ether oxygens (including phenoxy) is 1. The third kappa shape index (κ3) is 3.71. The number of halogens is 1. The van der Waals surface area contributed by atoms with Crippen LogP contribution in [-0.2, 0) is 9.53 Å². The molecule has 1 saturated heterocycles. The molecule has 0 spiro atoms. The number of anilines is 2. The number of amides is 2. The third-order valence-electron chi connectivity index (χ3n) is 3.19. The summed E-state index contributed by atoms with van der Waals surface area (Å²) in [6.07, 6.45) is -0.470. The average Bonchev–Trinajstić information content (AvgIpc) is 2.40. The largest absolute Gasteiger partial charge is 0.444 e. The summed E-state index contributed by atoms with van der Waals surface area (Å²) in [5.41, 5.74) is 6.60. The van der Waals surface area contributed by atoms with Gasteiger partial charge in [0, 0.05) is 17.6 Å². The highest BCUT2D eigenvalue weighted by Crippen LogP contribution is 2.31. The Morgan fingerprint density at radius 3 is 2.59 bits per heavy atom. The van der Waals surface area contributed by atoms with Crippen molar-refractivity contribution in [2.45, 2.75) is 26.4 Å². The van der Waals surface area contributed by atoms with Crippen molar-refractivity contribution in [1.82, 2.24) is 4.90 Å². The molecule has 0 unspecified atom stereocenters. The van der Waals surface area contributed by atoms with E-state index in [0.29, 0.717) is 24.5 Å². The van der Waals surface area contributed by atoms with Crippen LogP contribution in [0.1, 0.15) is 20.8 Å². The van der Waals surface area contributed by atoms with Crippen molar-refractivity contribution >= 4 is 39.3 Å². The summed E-state index contributed by atoms with van der Waals surface area (Å²) in [6, 6.07) is 5.44. The van der Waals surface area contributed by atoms with Crippen LogP contribution in [0.5, 0.6) is 0 Å². The normalized spacial score (nSPS) is 15.9. The molecule has 1 aliphatic rings. The summed E-state index contributed by atoms with van der Waals surface area (Å²) >= 11 is 3.35. The smallest absolute Gasteiger partial charge is 0.410 e. The first-order valence-electron chi connectivity index (χ1n) is 7.01. The van der Waals surface area contributed by atoms with Crippen LogP contribution in [0.4, 0.5) is 16.2 Å². The summed E-state index contributed by atoms with van der Waals surface area (Å²) < 4.78 is 6.04. The van der Waals surface area contributed by atoms with E-state index in [1.165, 1.54) is 4.90 Å². The number of carbonyl (C=O) groups excluding carboxylic acids is 2. The van der Waals surface area contributed by atoms with Gasteiger partial charge in [0.1, 0.15) is 12.1 Å². The summed E-state index contributed by atoms with van der Waals surface area (Å²) in [5, 5.41) is 0. The fraction of sp³-hybridized carbons (Fsp3) is 0.467. The quantitative estimate of drug-likeness (QED) is 0.771. The van der Waals surface area contributed by atoms with Crippen LogP contribution in [0.3, 0.4) is 0 Å². The van der Waals surface area contributed by atoms with Crippen molar-refractivity contribution in [2.75, 3.05) is 30.3 Å². The van der Waals surface area contributed by atoms with E-state index < -0.39 is 11.7 Å². The minimum atomic E-state index is -0.577. The molecule has 6 nitrogen and oxygen atoms in total. The molecular weight excluding hydrogens is 350 g/mol. The van der Waals surface area contributed by atoms with Crippen molar-refractivity contribution in [3.63, 3.8) is 0 Å². The first-order chi connectivity index (χ1) is 10.2. The van der Waals surface area contributed by atoms with Crippen LogP contribution in [0.15, 0.2) is 22.7 Å². The first-order valence-corrected chi connectivity index (χ1v) is 7.80. The van der Waals surface area contributed by atoms with E-state index in [1.807, 2.05) is 12.1 Å². The Bertz CT molecular complexity index is 598. The van der Waals surface area contributed by atoms with Gasteiger partial charge in [0.15, 0.2) is 0 Å². The molecule has 1 aromatic carbocycles. The van der Waals surface area contributed by atoms with E-state index in [9.17, 15) is 9.59 Å². The number of rotatable bonds is 1. The predicted molar refractivity (Wildman–Crippen MR) is 88.7 cm³/mol. The lowest BCUT2D eigenvalue weighted by Gasteiger charge is -2.35. The number of hydrogen-bond acceptors (Lipinski definition) is 4. The zero-order chi connectivity index (χ0) is 16.5. The highest BCUT2D eigenvalue weighted by atomic mass is 79.9. The number of benzene rings is 1. The van der Waals surface area contributed by atoms with Crippen LogP contribution in [0, 0.1) is 0 Å². The molecule has 0 aromatic heterocycles. The summed E-state index contributed by atoms with van der Waals surface area (Å²) in [4.78, 5) is 27.4. The molecule has 120 valence electrons. The Hall–Kier alpha value is -1.76.